The van der Waals surface area contributed by atoms with Gasteiger partial charge in [-0.25, -0.2) is 8.42 Å². The third-order valence-corrected chi connectivity index (χ3v) is 4.69. The number of halogens is 1. The third-order valence-electron chi connectivity index (χ3n) is 2.72. The molecule has 1 atom stereocenters. The summed E-state index contributed by atoms with van der Waals surface area (Å²) in [6, 6.07) is 6.39. The van der Waals surface area contributed by atoms with Gasteiger partial charge in [0.1, 0.15) is 0 Å². The van der Waals surface area contributed by atoms with Gasteiger partial charge >= 0.3 is 0 Å². The first-order valence-electron chi connectivity index (χ1n) is 5.15. The van der Waals surface area contributed by atoms with Gasteiger partial charge in [-0.3, -0.25) is 4.79 Å². The molecule has 0 N–H and O–H groups in total. The molecule has 2 rings (SSSR count). The molecule has 0 saturated carbocycles. The number of carbonyl (C=O) groups excluding carboxylic acids is 1. The van der Waals surface area contributed by atoms with E-state index in [1.807, 2.05) is 0 Å². The van der Waals surface area contributed by atoms with Crippen LogP contribution >= 0.6 is 15.9 Å². The summed E-state index contributed by atoms with van der Waals surface area (Å²) in [6.45, 7) is 0.660. The summed E-state index contributed by atoms with van der Waals surface area (Å²) in [6.07, 6.45) is 1.93. The lowest BCUT2D eigenvalue weighted by Crippen LogP contribution is -2.26. The summed E-state index contributed by atoms with van der Waals surface area (Å²) < 4.78 is 22.6. The van der Waals surface area contributed by atoms with Gasteiger partial charge in [0.15, 0.2) is 9.84 Å². The maximum atomic E-state index is 11.7. The average Bonchev–Trinajstić information content (AvgIpc) is 2.59. The summed E-state index contributed by atoms with van der Waals surface area (Å²) in [5.74, 6) is 0.0251. The topological polar surface area (TPSA) is 54.5 Å². The maximum absolute atomic E-state index is 11.7. The zero-order valence-electron chi connectivity index (χ0n) is 9.26. The van der Waals surface area contributed by atoms with Gasteiger partial charge in [-0.15, -0.1) is 0 Å². The Bertz CT molecular complexity index is 538. The molecule has 0 aliphatic carbocycles. The minimum Gasteiger partial charge on any atom is -0.311 e. The van der Waals surface area contributed by atoms with Crippen LogP contribution in [0.5, 0.6) is 0 Å². The molecule has 92 valence electrons. The van der Waals surface area contributed by atoms with Crippen LogP contribution in [0.2, 0.25) is 0 Å². The maximum Gasteiger partial charge on any atom is 0.240 e. The van der Waals surface area contributed by atoms with Gasteiger partial charge in [0.25, 0.3) is 0 Å². The summed E-state index contributed by atoms with van der Waals surface area (Å²) in [5, 5.41) is 0. The summed E-state index contributed by atoms with van der Waals surface area (Å²) in [4.78, 5) is 13.5. The fraction of sp³-hybridized carbons (Fsp3) is 0.364. The Morgan fingerprint density at radius 3 is 2.29 bits per heavy atom. The predicted molar refractivity (Wildman–Crippen MR) is 69.2 cm³/mol. The molecular formula is C11H12BrNO3S. The first-order valence-corrected chi connectivity index (χ1v) is 7.96. The van der Waals surface area contributed by atoms with Crippen molar-refractivity contribution in [2.75, 3.05) is 17.7 Å². The van der Waals surface area contributed by atoms with E-state index >= 15 is 0 Å². The normalized spacial score (nSPS) is 20.9. The number of carbonyl (C=O) groups is 1. The molecule has 1 aliphatic rings. The highest BCUT2D eigenvalue weighted by molar-refractivity contribution is 9.10. The highest BCUT2D eigenvalue weighted by Gasteiger charge is 2.30. The van der Waals surface area contributed by atoms with Crippen molar-refractivity contribution >= 4 is 37.4 Å². The number of hydrogen-bond donors (Lipinski definition) is 0. The Morgan fingerprint density at radius 2 is 1.88 bits per heavy atom. The predicted octanol–water partition coefficient (Wildman–Crippen LogP) is 1.59. The van der Waals surface area contributed by atoms with Gasteiger partial charge in [0.2, 0.25) is 5.91 Å². The number of amides is 1. The molecule has 1 aromatic rings. The second kappa shape index (κ2) is 4.42. The fourth-order valence-electron chi connectivity index (χ4n) is 1.77. The molecule has 1 heterocycles. The van der Waals surface area contributed by atoms with E-state index in [1.54, 1.807) is 17.0 Å². The molecular weight excluding hydrogens is 306 g/mol. The second-order valence-electron chi connectivity index (χ2n) is 4.01. The van der Waals surface area contributed by atoms with Gasteiger partial charge in [-0.2, -0.15) is 0 Å². The van der Waals surface area contributed by atoms with Crippen LogP contribution in [0.25, 0.3) is 0 Å². The number of hydrogen-bond acceptors (Lipinski definition) is 3. The summed E-state index contributed by atoms with van der Waals surface area (Å²) in [5.41, 5.74) is 0.740. The standard InChI is InChI=1S/C11H12BrNO3S/c1-17(15,16)9-4-2-8(3-5-9)13-7-6-10(12)11(13)14/h2-5,10H,6-7H2,1H3. The number of alkyl halides is 1. The monoisotopic (exact) mass is 317 g/mol. The number of sulfone groups is 1. The molecule has 1 aliphatic heterocycles. The van der Waals surface area contributed by atoms with E-state index in [9.17, 15) is 13.2 Å². The SMILES string of the molecule is CS(=O)(=O)c1ccc(N2CCC(Br)C2=O)cc1. The average molecular weight is 318 g/mol. The lowest BCUT2D eigenvalue weighted by Gasteiger charge is -2.16. The molecule has 1 amide bonds. The van der Waals surface area contributed by atoms with Crippen molar-refractivity contribution in [3.63, 3.8) is 0 Å². The van der Waals surface area contributed by atoms with Crippen LogP contribution in [0, 0.1) is 0 Å². The number of rotatable bonds is 2. The molecule has 1 aromatic carbocycles. The molecule has 1 unspecified atom stereocenters. The van der Waals surface area contributed by atoms with Crippen LogP contribution in [0.4, 0.5) is 5.69 Å². The van der Waals surface area contributed by atoms with Crippen molar-refractivity contribution in [3.05, 3.63) is 24.3 Å². The zero-order chi connectivity index (χ0) is 12.6. The van der Waals surface area contributed by atoms with Gasteiger partial charge in [-0.1, -0.05) is 15.9 Å². The molecule has 0 aromatic heterocycles. The zero-order valence-corrected chi connectivity index (χ0v) is 11.7. The Kier molecular flexibility index (Phi) is 3.27. The third kappa shape index (κ3) is 2.52. The van der Waals surface area contributed by atoms with Crippen LogP contribution in [0.3, 0.4) is 0 Å². The number of anilines is 1. The van der Waals surface area contributed by atoms with Crippen molar-refractivity contribution in [1.29, 1.82) is 0 Å². The van der Waals surface area contributed by atoms with E-state index in [0.29, 0.717) is 6.54 Å². The summed E-state index contributed by atoms with van der Waals surface area (Å²) in [7, 11) is -3.18. The van der Waals surface area contributed by atoms with E-state index in [2.05, 4.69) is 15.9 Å². The summed E-state index contributed by atoms with van der Waals surface area (Å²) >= 11 is 3.30. The van der Waals surface area contributed by atoms with Gasteiger partial charge in [-0.05, 0) is 30.7 Å². The quantitative estimate of drug-likeness (QED) is 0.778. The lowest BCUT2D eigenvalue weighted by atomic mass is 10.3. The van der Waals surface area contributed by atoms with Crippen molar-refractivity contribution in [2.45, 2.75) is 16.1 Å². The highest BCUT2D eigenvalue weighted by Crippen LogP contribution is 2.26. The van der Waals surface area contributed by atoms with Gasteiger partial charge in [0.05, 0.1) is 9.72 Å². The molecule has 6 heteroatoms. The smallest absolute Gasteiger partial charge is 0.240 e. The van der Waals surface area contributed by atoms with Crippen LogP contribution in [-0.2, 0) is 14.6 Å². The van der Waals surface area contributed by atoms with E-state index < -0.39 is 9.84 Å². The molecule has 1 fully saturated rings. The van der Waals surface area contributed by atoms with E-state index in [1.165, 1.54) is 12.1 Å². The van der Waals surface area contributed by atoms with E-state index in [4.69, 9.17) is 0 Å². The van der Waals surface area contributed by atoms with E-state index in [0.717, 1.165) is 18.4 Å². The van der Waals surface area contributed by atoms with Crippen LogP contribution in [0.15, 0.2) is 29.2 Å². The molecule has 0 bridgehead atoms. The highest BCUT2D eigenvalue weighted by atomic mass is 79.9. The minimum atomic E-state index is -3.18. The van der Waals surface area contributed by atoms with Gasteiger partial charge < -0.3 is 4.90 Å². The first-order chi connectivity index (χ1) is 7.89. The number of benzene rings is 1. The van der Waals surface area contributed by atoms with Crippen LogP contribution in [-0.4, -0.2) is 32.0 Å². The van der Waals surface area contributed by atoms with E-state index in [-0.39, 0.29) is 15.6 Å². The first kappa shape index (κ1) is 12.6. The van der Waals surface area contributed by atoms with Crippen molar-refractivity contribution in [2.24, 2.45) is 0 Å². The Hall–Kier alpha value is -0.880. The molecule has 0 radical (unpaired) electrons. The van der Waals surface area contributed by atoms with Crippen molar-refractivity contribution in [1.82, 2.24) is 0 Å². The van der Waals surface area contributed by atoms with Crippen LogP contribution < -0.4 is 4.90 Å². The van der Waals surface area contributed by atoms with Gasteiger partial charge in [0, 0.05) is 18.5 Å². The molecule has 0 spiro atoms. The van der Waals surface area contributed by atoms with Crippen molar-refractivity contribution < 1.29 is 13.2 Å². The Balaban J connectivity index is 2.28. The minimum absolute atomic E-state index is 0.0251. The second-order valence-corrected chi connectivity index (χ2v) is 7.13. The Labute approximate surface area is 109 Å². The molecule has 17 heavy (non-hydrogen) atoms. The number of nitrogens with zero attached hydrogens (tertiary/aromatic N) is 1. The molecule has 4 nitrogen and oxygen atoms in total. The lowest BCUT2D eigenvalue weighted by molar-refractivity contribution is -0.116. The van der Waals surface area contributed by atoms with Crippen LogP contribution in [0.1, 0.15) is 6.42 Å². The van der Waals surface area contributed by atoms with Crippen molar-refractivity contribution in [3.8, 4) is 0 Å². The molecule has 1 saturated heterocycles. The Morgan fingerprint density at radius 1 is 1.29 bits per heavy atom. The fourth-order valence-corrected chi connectivity index (χ4v) is 2.86. The largest absolute Gasteiger partial charge is 0.311 e.